The zero-order valence-corrected chi connectivity index (χ0v) is 15.6. The van der Waals surface area contributed by atoms with Crippen LogP contribution >= 0.6 is 0 Å². The van der Waals surface area contributed by atoms with Crippen LogP contribution in [0.3, 0.4) is 0 Å². The number of hydrogen-bond acceptors (Lipinski definition) is 4. The number of benzene rings is 1. The molecule has 0 aliphatic rings. The summed E-state index contributed by atoms with van der Waals surface area (Å²) in [6.45, 7) is 3.88. The molecule has 27 heavy (non-hydrogen) atoms. The number of nitrogens with zero attached hydrogens (tertiary/aromatic N) is 1. The van der Waals surface area contributed by atoms with E-state index in [1.54, 1.807) is 6.20 Å². The molecule has 3 N–H and O–H groups in total. The third-order valence-electron chi connectivity index (χ3n) is 3.95. The molecular weight excluding hydrogens is 344 g/mol. The highest BCUT2D eigenvalue weighted by Crippen LogP contribution is 2.06. The summed E-state index contributed by atoms with van der Waals surface area (Å²) < 4.78 is 0. The first-order valence-electron chi connectivity index (χ1n) is 8.97. The highest BCUT2D eigenvalue weighted by Gasteiger charge is 2.24. The van der Waals surface area contributed by atoms with E-state index in [-0.39, 0.29) is 18.2 Å². The minimum absolute atomic E-state index is 0.182. The van der Waals surface area contributed by atoms with E-state index in [9.17, 15) is 14.4 Å². The number of aromatic nitrogens is 2. The van der Waals surface area contributed by atoms with Gasteiger partial charge in [-0.1, -0.05) is 44.2 Å². The first-order chi connectivity index (χ1) is 13.0. The Hall–Kier alpha value is -2.96. The van der Waals surface area contributed by atoms with E-state index in [0.29, 0.717) is 18.5 Å². The Morgan fingerprint density at radius 1 is 1.15 bits per heavy atom. The highest BCUT2D eigenvalue weighted by molar-refractivity contribution is 5.89. The van der Waals surface area contributed by atoms with E-state index in [0.717, 1.165) is 5.56 Å². The van der Waals surface area contributed by atoms with Crippen LogP contribution in [0.5, 0.6) is 0 Å². The van der Waals surface area contributed by atoms with Gasteiger partial charge in [-0.15, -0.1) is 0 Å². The van der Waals surface area contributed by atoms with E-state index in [4.69, 9.17) is 0 Å². The fraction of sp³-hybridized carbons (Fsp3) is 0.400. The van der Waals surface area contributed by atoms with Gasteiger partial charge in [-0.3, -0.25) is 14.4 Å². The van der Waals surface area contributed by atoms with Crippen LogP contribution in [-0.4, -0.2) is 40.2 Å². The lowest BCUT2D eigenvalue weighted by Crippen LogP contribution is -2.51. The standard InChI is InChI=1S/C20H25N4O3/c1-14(2)8-19(26)24-18(9-15-6-4-3-5-7-15)20(27)23-17(12-25)10-16-11-21-13-22-16/h3-7,11,13-14,17-18H,8-10H2,1-2H3,(H,21,22)(H,23,27)(H,24,26). The molecule has 0 aliphatic heterocycles. The van der Waals surface area contributed by atoms with Crippen LogP contribution in [0.2, 0.25) is 0 Å². The van der Waals surface area contributed by atoms with Crippen LogP contribution in [0.15, 0.2) is 42.9 Å². The molecule has 0 spiro atoms. The van der Waals surface area contributed by atoms with E-state index in [1.165, 1.54) is 6.33 Å². The van der Waals surface area contributed by atoms with Gasteiger partial charge in [0.15, 0.2) is 0 Å². The van der Waals surface area contributed by atoms with Gasteiger partial charge >= 0.3 is 0 Å². The van der Waals surface area contributed by atoms with Gasteiger partial charge in [-0.2, -0.15) is 0 Å². The van der Waals surface area contributed by atoms with Crippen molar-refractivity contribution in [3.8, 4) is 0 Å². The molecule has 2 rings (SSSR count). The Morgan fingerprint density at radius 3 is 2.48 bits per heavy atom. The summed E-state index contributed by atoms with van der Waals surface area (Å²) in [4.78, 5) is 43.0. The summed E-state index contributed by atoms with van der Waals surface area (Å²) in [5.41, 5.74) is 1.56. The highest BCUT2D eigenvalue weighted by atomic mass is 16.2. The molecule has 1 heterocycles. The molecule has 7 nitrogen and oxygen atoms in total. The van der Waals surface area contributed by atoms with E-state index < -0.39 is 18.0 Å². The number of carbonyl (C=O) groups is 2. The average molecular weight is 369 g/mol. The number of aromatic amines is 1. The summed E-state index contributed by atoms with van der Waals surface area (Å²) in [5.74, 6) is -0.430. The lowest BCUT2D eigenvalue weighted by atomic mass is 10.0. The Balaban J connectivity index is 2.06. The Kier molecular flexibility index (Phi) is 7.73. The second-order valence-corrected chi connectivity index (χ2v) is 6.85. The van der Waals surface area contributed by atoms with Gasteiger partial charge in [0.2, 0.25) is 18.1 Å². The van der Waals surface area contributed by atoms with Crippen molar-refractivity contribution >= 4 is 18.1 Å². The van der Waals surface area contributed by atoms with Crippen molar-refractivity contribution in [2.24, 2.45) is 5.92 Å². The molecule has 0 saturated heterocycles. The fourth-order valence-corrected chi connectivity index (χ4v) is 2.69. The molecule has 2 atom stereocenters. The smallest absolute Gasteiger partial charge is 0.243 e. The van der Waals surface area contributed by atoms with Crippen molar-refractivity contribution in [3.05, 3.63) is 54.1 Å². The number of amides is 2. The van der Waals surface area contributed by atoms with Gasteiger partial charge in [0.05, 0.1) is 12.0 Å². The maximum Gasteiger partial charge on any atom is 0.243 e. The number of rotatable bonds is 10. The Bertz CT molecular complexity index is 729. The van der Waals surface area contributed by atoms with Gasteiger partial charge in [0.25, 0.3) is 0 Å². The molecule has 0 aliphatic carbocycles. The Labute approximate surface area is 159 Å². The third kappa shape index (κ3) is 7.05. The summed E-state index contributed by atoms with van der Waals surface area (Å²) in [5, 5.41) is 5.44. The fourth-order valence-electron chi connectivity index (χ4n) is 2.69. The van der Waals surface area contributed by atoms with Crippen LogP contribution in [0.1, 0.15) is 31.5 Å². The number of hydrogen-bond donors (Lipinski definition) is 3. The van der Waals surface area contributed by atoms with Gasteiger partial charge in [-0.05, 0) is 11.5 Å². The molecular formula is C20H25N4O3. The number of imidazole rings is 1. The second kappa shape index (κ2) is 10.3. The van der Waals surface area contributed by atoms with Crippen molar-refractivity contribution in [1.82, 2.24) is 20.6 Å². The molecule has 2 unspecified atom stereocenters. The lowest BCUT2D eigenvalue weighted by molar-refractivity contribution is -0.129. The zero-order chi connectivity index (χ0) is 19.6. The van der Waals surface area contributed by atoms with Crippen LogP contribution in [0.25, 0.3) is 0 Å². The summed E-state index contributed by atoms with van der Waals surface area (Å²) in [6.07, 6.45) is 5.88. The van der Waals surface area contributed by atoms with Gasteiger partial charge < -0.3 is 15.6 Å². The lowest BCUT2D eigenvalue weighted by Gasteiger charge is -2.21. The first-order valence-corrected chi connectivity index (χ1v) is 8.97. The van der Waals surface area contributed by atoms with Crippen molar-refractivity contribution in [2.75, 3.05) is 0 Å². The molecule has 7 heteroatoms. The number of nitrogens with one attached hydrogen (secondary N) is 3. The summed E-state index contributed by atoms with van der Waals surface area (Å²) >= 11 is 0. The van der Waals surface area contributed by atoms with E-state index in [2.05, 4.69) is 20.6 Å². The quantitative estimate of drug-likeness (QED) is 0.587. The molecule has 1 aromatic heterocycles. The molecule has 0 bridgehead atoms. The van der Waals surface area contributed by atoms with E-state index in [1.807, 2.05) is 50.5 Å². The molecule has 0 saturated carbocycles. The molecule has 0 fully saturated rings. The molecule has 2 aromatic rings. The average Bonchev–Trinajstić information content (AvgIpc) is 3.13. The topological polar surface area (TPSA) is 104 Å². The maximum atomic E-state index is 12.7. The monoisotopic (exact) mass is 369 g/mol. The number of carbonyl (C=O) groups excluding carboxylic acids is 3. The predicted octanol–water partition coefficient (Wildman–Crippen LogP) is 1.32. The Morgan fingerprint density at radius 2 is 1.89 bits per heavy atom. The van der Waals surface area contributed by atoms with Crippen LogP contribution in [0, 0.1) is 5.92 Å². The molecule has 143 valence electrons. The molecule has 2 amide bonds. The zero-order valence-electron chi connectivity index (χ0n) is 15.6. The van der Waals surface area contributed by atoms with Crippen molar-refractivity contribution in [1.29, 1.82) is 0 Å². The first kappa shape index (κ1) is 20.4. The van der Waals surface area contributed by atoms with Crippen LogP contribution < -0.4 is 10.6 Å². The van der Waals surface area contributed by atoms with Gasteiger partial charge in [0, 0.05) is 25.5 Å². The third-order valence-corrected chi connectivity index (χ3v) is 3.95. The second-order valence-electron chi connectivity index (χ2n) is 6.85. The minimum atomic E-state index is -0.832. The van der Waals surface area contributed by atoms with Gasteiger partial charge in [-0.25, -0.2) is 4.98 Å². The summed E-state index contributed by atoms with van der Waals surface area (Å²) in [7, 11) is 0. The van der Waals surface area contributed by atoms with E-state index >= 15 is 0 Å². The maximum absolute atomic E-state index is 12.7. The SMILES string of the molecule is CC(C)CC(=O)NC(Cc1ccccc1)C(=O)NC([C]=O)Cc1c[nH]cn1. The largest absolute Gasteiger partial charge is 0.351 e. The molecule has 1 aromatic carbocycles. The van der Waals surface area contributed by atoms with Gasteiger partial charge in [0.1, 0.15) is 12.1 Å². The van der Waals surface area contributed by atoms with Crippen molar-refractivity contribution < 1.29 is 14.4 Å². The van der Waals surface area contributed by atoms with Crippen LogP contribution in [-0.2, 0) is 27.2 Å². The normalized spacial score (nSPS) is 13.0. The summed E-state index contributed by atoms with van der Waals surface area (Å²) in [6, 6.07) is 7.82. The molecule has 1 radical (unpaired) electrons. The van der Waals surface area contributed by atoms with Crippen molar-refractivity contribution in [3.63, 3.8) is 0 Å². The number of H-pyrrole nitrogens is 1. The van der Waals surface area contributed by atoms with Crippen LogP contribution in [0.4, 0.5) is 0 Å². The van der Waals surface area contributed by atoms with Crippen molar-refractivity contribution in [2.45, 2.75) is 45.2 Å². The predicted molar refractivity (Wildman–Crippen MR) is 101 cm³/mol. The minimum Gasteiger partial charge on any atom is -0.351 e.